The quantitative estimate of drug-likeness (QED) is 0.281. The normalized spacial score (nSPS) is 13.0. The predicted octanol–water partition coefficient (Wildman–Crippen LogP) is 0.464. The van der Waals surface area contributed by atoms with Crippen LogP contribution >= 0.6 is 0 Å². The van der Waals surface area contributed by atoms with Crippen molar-refractivity contribution in [2.75, 3.05) is 0 Å². The third-order valence-corrected chi connectivity index (χ3v) is 6.54. The first-order valence-corrected chi connectivity index (χ1v) is 9.94. The average molecular weight is 456 g/mol. The summed E-state index contributed by atoms with van der Waals surface area (Å²) in [6.07, 6.45) is 0. The highest BCUT2D eigenvalue weighted by Gasteiger charge is 2.37. The van der Waals surface area contributed by atoms with Gasteiger partial charge >= 0.3 is 26.7 Å². The highest BCUT2D eigenvalue weighted by Crippen LogP contribution is 2.23. The number of fused-ring (bicyclic) bond motifs is 3. The van der Waals surface area contributed by atoms with Crippen LogP contribution in [0.4, 0.5) is 13.2 Å². The molecule has 1 heterocycles. The average Bonchev–Trinajstić information content (AvgIpc) is 2.72. The van der Waals surface area contributed by atoms with Gasteiger partial charge in [-0.15, -0.1) is 0 Å². The van der Waals surface area contributed by atoms with Crippen molar-refractivity contribution < 1.29 is 47.3 Å². The number of hydrogen-bond donors (Lipinski definition) is 0. The standard InChI is InChI=1S/C14H12I.CHF3O3S/c1-9-3-5-11-12-6-4-10(2)8-14(12)15-13(11)7-9;2-1(3,4)8(5,6)7/h3-8H,1-2H3;(H,5,6,7)/q+1;/p-1. The molecule has 0 fully saturated rings. The first-order valence-electron chi connectivity index (χ1n) is 6.38. The van der Waals surface area contributed by atoms with Gasteiger partial charge in [0.15, 0.2) is 10.1 Å². The Bertz CT molecular complexity index is 796. The van der Waals surface area contributed by atoms with Crippen molar-refractivity contribution in [3.8, 4) is 11.1 Å². The molecule has 0 N–H and O–H groups in total. The van der Waals surface area contributed by atoms with Gasteiger partial charge in [0, 0.05) is 11.1 Å². The molecule has 1 aliphatic rings. The molecular weight excluding hydrogens is 444 g/mol. The van der Waals surface area contributed by atoms with Gasteiger partial charge in [0.1, 0.15) is 0 Å². The van der Waals surface area contributed by atoms with E-state index < -0.39 is 15.6 Å². The molecule has 3 rings (SSSR count). The van der Waals surface area contributed by atoms with Gasteiger partial charge < -0.3 is 4.55 Å². The van der Waals surface area contributed by atoms with Crippen LogP contribution in [0.25, 0.3) is 11.1 Å². The van der Waals surface area contributed by atoms with Crippen LogP contribution in [0.1, 0.15) is 11.1 Å². The van der Waals surface area contributed by atoms with Gasteiger partial charge in [0.25, 0.3) is 0 Å². The molecule has 0 amide bonds. The van der Waals surface area contributed by atoms with Crippen molar-refractivity contribution in [3.63, 3.8) is 0 Å². The zero-order valence-corrected chi connectivity index (χ0v) is 15.1. The Labute approximate surface area is 142 Å². The fraction of sp³-hybridized carbons (Fsp3) is 0.200. The molecule has 124 valence electrons. The zero-order valence-electron chi connectivity index (χ0n) is 12.1. The Morgan fingerprint density at radius 1 is 0.913 bits per heavy atom. The molecule has 0 spiro atoms. The molecule has 2 aromatic carbocycles. The summed E-state index contributed by atoms with van der Waals surface area (Å²) >= 11 is 0.0692. The SMILES string of the molecule is Cc1ccc2c(c1)[I+]c1cc(C)ccc1-2.O=S(=O)([O-])C(F)(F)F. The van der Waals surface area contributed by atoms with E-state index in [2.05, 4.69) is 50.2 Å². The van der Waals surface area contributed by atoms with Crippen molar-refractivity contribution in [2.45, 2.75) is 19.4 Å². The maximum Gasteiger partial charge on any atom is 0.485 e. The molecule has 0 saturated heterocycles. The largest absolute Gasteiger partial charge is 0.741 e. The van der Waals surface area contributed by atoms with Crippen molar-refractivity contribution >= 4 is 10.1 Å². The minimum atomic E-state index is -6.09. The van der Waals surface area contributed by atoms with Crippen LogP contribution in [0.5, 0.6) is 0 Å². The Morgan fingerprint density at radius 3 is 1.57 bits per heavy atom. The van der Waals surface area contributed by atoms with Crippen LogP contribution in [0.3, 0.4) is 0 Å². The van der Waals surface area contributed by atoms with Crippen molar-refractivity contribution in [1.82, 2.24) is 0 Å². The van der Waals surface area contributed by atoms with Gasteiger partial charge in [-0.25, -0.2) is 8.42 Å². The Hall–Kier alpha value is -1.13. The number of rotatable bonds is 0. The molecule has 0 radical (unpaired) electrons. The number of halogens is 4. The molecule has 2 aromatic rings. The van der Waals surface area contributed by atoms with Crippen LogP contribution in [0, 0.1) is 21.0 Å². The van der Waals surface area contributed by atoms with Gasteiger partial charge in [-0.1, -0.05) is 12.1 Å². The van der Waals surface area contributed by atoms with E-state index in [0.717, 1.165) is 0 Å². The molecule has 1 aliphatic heterocycles. The van der Waals surface area contributed by atoms with Crippen molar-refractivity contribution in [3.05, 3.63) is 54.7 Å². The fourth-order valence-electron chi connectivity index (χ4n) is 1.94. The molecule has 0 atom stereocenters. The fourth-order valence-corrected chi connectivity index (χ4v) is 5.38. The minimum absolute atomic E-state index is 0.0692. The van der Waals surface area contributed by atoms with Crippen LogP contribution in [-0.2, 0) is 10.1 Å². The predicted molar refractivity (Wildman–Crippen MR) is 74.5 cm³/mol. The van der Waals surface area contributed by atoms with E-state index in [0.29, 0.717) is 0 Å². The number of benzene rings is 2. The zero-order chi connectivity index (χ0) is 17.4. The smallest absolute Gasteiger partial charge is 0.485 e. The number of aryl methyl sites for hydroxylation is 2. The lowest BCUT2D eigenvalue weighted by molar-refractivity contribution is -0.589. The maximum atomic E-state index is 10.7. The highest BCUT2D eigenvalue weighted by molar-refractivity contribution is 7.86. The summed E-state index contributed by atoms with van der Waals surface area (Å²) in [5, 5.41) is 0. The van der Waals surface area contributed by atoms with Gasteiger partial charge in [0.05, 0.1) is 0 Å². The second-order valence-electron chi connectivity index (χ2n) is 4.96. The van der Waals surface area contributed by atoms with Gasteiger partial charge in [-0.05, 0) is 49.2 Å². The lowest BCUT2D eigenvalue weighted by Gasteiger charge is -2.08. The van der Waals surface area contributed by atoms with E-state index in [1.807, 2.05) is 0 Å². The topological polar surface area (TPSA) is 57.2 Å². The van der Waals surface area contributed by atoms with Gasteiger partial charge in [-0.2, -0.15) is 13.2 Å². The molecule has 0 saturated carbocycles. The third-order valence-electron chi connectivity index (χ3n) is 3.03. The third kappa shape index (κ3) is 4.24. The number of hydrogen-bond acceptors (Lipinski definition) is 3. The first-order chi connectivity index (χ1) is 10.5. The molecule has 0 bridgehead atoms. The summed E-state index contributed by atoms with van der Waals surface area (Å²) in [7, 11) is -6.09. The second-order valence-corrected chi connectivity index (χ2v) is 9.20. The monoisotopic (exact) mass is 456 g/mol. The van der Waals surface area contributed by atoms with Crippen LogP contribution in [0.2, 0.25) is 0 Å². The molecule has 0 aromatic heterocycles. The lowest BCUT2D eigenvalue weighted by Crippen LogP contribution is -3.61. The van der Waals surface area contributed by atoms with Crippen LogP contribution < -0.4 is 21.2 Å². The van der Waals surface area contributed by atoms with Gasteiger partial charge in [0.2, 0.25) is 7.14 Å². The van der Waals surface area contributed by atoms with Crippen molar-refractivity contribution in [1.29, 1.82) is 0 Å². The van der Waals surface area contributed by atoms with Crippen LogP contribution in [-0.4, -0.2) is 18.5 Å². The Morgan fingerprint density at radius 2 is 1.26 bits per heavy atom. The van der Waals surface area contributed by atoms with Crippen molar-refractivity contribution in [2.24, 2.45) is 0 Å². The second kappa shape index (κ2) is 6.40. The Kier molecular flexibility index (Phi) is 5.07. The van der Waals surface area contributed by atoms with E-state index in [-0.39, 0.29) is 21.2 Å². The molecular formula is C15H12F3IO3S. The summed E-state index contributed by atoms with van der Waals surface area (Å²) in [6.45, 7) is 4.36. The number of alkyl halides is 3. The maximum absolute atomic E-state index is 10.7. The molecule has 23 heavy (non-hydrogen) atoms. The summed E-state index contributed by atoms with van der Waals surface area (Å²) < 4.78 is 62.1. The van der Waals surface area contributed by atoms with Gasteiger partial charge in [-0.3, -0.25) is 0 Å². The summed E-state index contributed by atoms with van der Waals surface area (Å²) in [5.41, 5.74) is 0.0789. The first kappa shape index (κ1) is 18.2. The highest BCUT2D eigenvalue weighted by atomic mass is 127. The molecule has 0 aliphatic carbocycles. The van der Waals surface area contributed by atoms with E-state index in [9.17, 15) is 13.2 Å². The van der Waals surface area contributed by atoms with E-state index in [1.165, 1.54) is 22.3 Å². The van der Waals surface area contributed by atoms with E-state index in [1.54, 1.807) is 7.14 Å². The lowest BCUT2D eigenvalue weighted by atomic mass is 10.0. The van der Waals surface area contributed by atoms with E-state index >= 15 is 0 Å². The summed E-state index contributed by atoms with van der Waals surface area (Å²) in [6, 6.07) is 13.7. The summed E-state index contributed by atoms with van der Waals surface area (Å²) in [5.74, 6) is 0. The molecule has 3 nitrogen and oxygen atoms in total. The summed E-state index contributed by atoms with van der Waals surface area (Å²) in [4.78, 5) is 0. The molecule has 8 heteroatoms. The van der Waals surface area contributed by atoms with Crippen LogP contribution in [0.15, 0.2) is 36.4 Å². The molecule has 0 unspecified atom stereocenters. The Balaban J connectivity index is 0.000000207. The van der Waals surface area contributed by atoms with E-state index in [4.69, 9.17) is 13.0 Å². The minimum Gasteiger partial charge on any atom is -0.741 e.